The van der Waals surface area contributed by atoms with Gasteiger partial charge >= 0.3 is 0 Å². The number of benzene rings is 1. The standard InChI is InChI=1S/C19H24/c1-2-4-14-6-8-16-5-3-10-19(18(16)12-14)13-15-7-9-17(19)11-15/h6-8,12,17H,2-5,9-11,13H2,1H3. The molecule has 2 unspecified atom stereocenters. The van der Waals surface area contributed by atoms with Crippen LogP contribution in [-0.4, -0.2) is 0 Å². The van der Waals surface area contributed by atoms with Gasteiger partial charge in [-0.05, 0) is 67.6 Å². The fourth-order valence-corrected chi connectivity index (χ4v) is 4.99. The summed E-state index contributed by atoms with van der Waals surface area (Å²) in [5, 5.41) is 0. The molecule has 3 aliphatic carbocycles. The van der Waals surface area contributed by atoms with Crippen LogP contribution in [0.25, 0.3) is 0 Å². The van der Waals surface area contributed by atoms with E-state index in [0.29, 0.717) is 5.41 Å². The third-order valence-electron chi connectivity index (χ3n) is 5.84. The largest absolute Gasteiger partial charge is 0.0850 e. The van der Waals surface area contributed by atoms with Gasteiger partial charge in [-0.25, -0.2) is 0 Å². The minimum absolute atomic E-state index is 0.543. The number of aryl methyl sites for hydroxylation is 2. The molecule has 1 spiro atoms. The lowest BCUT2D eigenvalue weighted by Gasteiger charge is -2.42. The maximum atomic E-state index is 2.58. The van der Waals surface area contributed by atoms with E-state index in [1.807, 2.05) is 0 Å². The second-order valence-corrected chi connectivity index (χ2v) is 6.93. The number of fused-ring (bicyclic) bond motifs is 5. The molecule has 2 atom stereocenters. The summed E-state index contributed by atoms with van der Waals surface area (Å²) in [6.45, 7) is 2.29. The third-order valence-corrected chi connectivity index (χ3v) is 5.84. The van der Waals surface area contributed by atoms with Crippen LogP contribution in [0.3, 0.4) is 0 Å². The normalized spacial score (nSPS) is 31.6. The number of hydrogen-bond acceptors (Lipinski definition) is 0. The molecule has 1 saturated carbocycles. The second-order valence-electron chi connectivity index (χ2n) is 6.93. The molecule has 1 aromatic carbocycles. The molecule has 0 radical (unpaired) electrons. The highest BCUT2D eigenvalue weighted by atomic mass is 14.5. The lowest BCUT2D eigenvalue weighted by Crippen LogP contribution is -2.35. The Morgan fingerprint density at radius 2 is 2.26 bits per heavy atom. The predicted molar refractivity (Wildman–Crippen MR) is 80.5 cm³/mol. The number of hydrogen-bond donors (Lipinski definition) is 0. The molecule has 4 rings (SSSR count). The van der Waals surface area contributed by atoms with E-state index < -0.39 is 0 Å². The molecule has 0 amide bonds. The minimum atomic E-state index is 0.543. The van der Waals surface area contributed by atoms with E-state index in [4.69, 9.17) is 0 Å². The summed E-state index contributed by atoms with van der Waals surface area (Å²) in [7, 11) is 0. The van der Waals surface area contributed by atoms with Gasteiger partial charge in [0.25, 0.3) is 0 Å². The van der Waals surface area contributed by atoms with E-state index in [1.165, 1.54) is 51.4 Å². The Kier molecular flexibility index (Phi) is 2.62. The van der Waals surface area contributed by atoms with Crippen LogP contribution in [0.4, 0.5) is 0 Å². The summed E-state index contributed by atoms with van der Waals surface area (Å²) >= 11 is 0. The van der Waals surface area contributed by atoms with Gasteiger partial charge < -0.3 is 0 Å². The van der Waals surface area contributed by atoms with Gasteiger partial charge in [0.1, 0.15) is 0 Å². The van der Waals surface area contributed by atoms with Crippen LogP contribution < -0.4 is 0 Å². The molecule has 100 valence electrons. The summed E-state index contributed by atoms with van der Waals surface area (Å²) in [6.07, 6.45) is 13.3. The van der Waals surface area contributed by atoms with Gasteiger partial charge in [-0.1, -0.05) is 43.2 Å². The molecule has 0 N–H and O–H groups in total. The summed E-state index contributed by atoms with van der Waals surface area (Å²) in [4.78, 5) is 0. The van der Waals surface area contributed by atoms with Gasteiger partial charge in [0.05, 0.1) is 0 Å². The first-order valence-corrected chi connectivity index (χ1v) is 8.12. The highest BCUT2D eigenvalue weighted by molar-refractivity contribution is 5.45. The zero-order valence-corrected chi connectivity index (χ0v) is 12.0. The van der Waals surface area contributed by atoms with Gasteiger partial charge in [0, 0.05) is 5.41 Å². The first-order valence-electron chi connectivity index (χ1n) is 8.12. The monoisotopic (exact) mass is 252 g/mol. The van der Waals surface area contributed by atoms with E-state index in [9.17, 15) is 0 Å². The molecule has 0 aromatic heterocycles. The maximum Gasteiger partial charge on any atom is 0.00273 e. The molecule has 0 aliphatic heterocycles. The predicted octanol–water partition coefficient (Wildman–Crippen LogP) is 4.95. The minimum Gasteiger partial charge on any atom is -0.0850 e. The Hall–Kier alpha value is -1.04. The Labute approximate surface area is 116 Å². The zero-order chi connectivity index (χ0) is 12.9. The van der Waals surface area contributed by atoms with Crippen molar-refractivity contribution in [3.8, 4) is 0 Å². The smallest absolute Gasteiger partial charge is 0.00273 e. The molecule has 0 heteroatoms. The van der Waals surface area contributed by atoms with Crippen LogP contribution in [0.2, 0.25) is 0 Å². The Morgan fingerprint density at radius 3 is 3.00 bits per heavy atom. The van der Waals surface area contributed by atoms with Crippen LogP contribution in [0.15, 0.2) is 29.8 Å². The first kappa shape index (κ1) is 11.8. The van der Waals surface area contributed by atoms with Crippen molar-refractivity contribution >= 4 is 0 Å². The van der Waals surface area contributed by atoms with Crippen molar-refractivity contribution in [2.45, 2.75) is 63.7 Å². The van der Waals surface area contributed by atoms with Gasteiger partial charge in [-0.3, -0.25) is 0 Å². The van der Waals surface area contributed by atoms with Gasteiger partial charge in [-0.2, -0.15) is 0 Å². The van der Waals surface area contributed by atoms with Gasteiger partial charge in [0.2, 0.25) is 0 Å². The van der Waals surface area contributed by atoms with E-state index in [0.717, 1.165) is 5.92 Å². The zero-order valence-electron chi connectivity index (χ0n) is 12.0. The van der Waals surface area contributed by atoms with Gasteiger partial charge in [-0.15, -0.1) is 0 Å². The van der Waals surface area contributed by atoms with Crippen molar-refractivity contribution in [1.82, 2.24) is 0 Å². The summed E-state index contributed by atoms with van der Waals surface area (Å²) < 4.78 is 0. The van der Waals surface area contributed by atoms with Crippen LogP contribution >= 0.6 is 0 Å². The summed E-state index contributed by atoms with van der Waals surface area (Å²) in [5.41, 5.74) is 7.29. The lowest BCUT2D eigenvalue weighted by atomic mass is 9.62. The quantitative estimate of drug-likeness (QED) is 0.653. The topological polar surface area (TPSA) is 0 Å². The molecular formula is C19H24. The highest BCUT2D eigenvalue weighted by Crippen LogP contribution is 2.58. The van der Waals surface area contributed by atoms with Crippen molar-refractivity contribution in [2.75, 3.05) is 0 Å². The Morgan fingerprint density at radius 1 is 1.32 bits per heavy atom. The summed E-state index contributed by atoms with van der Waals surface area (Å²) in [5.74, 6) is 0.929. The second kappa shape index (κ2) is 4.23. The highest BCUT2D eigenvalue weighted by Gasteiger charge is 2.49. The third kappa shape index (κ3) is 1.65. The van der Waals surface area contributed by atoms with Crippen molar-refractivity contribution < 1.29 is 0 Å². The summed E-state index contributed by atoms with van der Waals surface area (Å²) in [6, 6.07) is 7.41. The average molecular weight is 252 g/mol. The molecule has 1 aromatic rings. The van der Waals surface area contributed by atoms with Crippen LogP contribution in [-0.2, 0) is 18.3 Å². The Balaban J connectivity index is 1.81. The van der Waals surface area contributed by atoms with Crippen molar-refractivity contribution in [2.24, 2.45) is 5.92 Å². The van der Waals surface area contributed by atoms with Crippen LogP contribution in [0.1, 0.15) is 62.1 Å². The molecule has 3 aliphatic rings. The first-order chi connectivity index (χ1) is 9.32. The van der Waals surface area contributed by atoms with Crippen molar-refractivity contribution in [1.29, 1.82) is 0 Å². The molecule has 2 bridgehead atoms. The van der Waals surface area contributed by atoms with Gasteiger partial charge in [0.15, 0.2) is 0 Å². The van der Waals surface area contributed by atoms with Crippen LogP contribution in [0.5, 0.6) is 0 Å². The Bertz CT molecular complexity index is 537. The molecule has 0 saturated heterocycles. The lowest BCUT2D eigenvalue weighted by molar-refractivity contribution is 0.269. The fraction of sp³-hybridized carbons (Fsp3) is 0.579. The maximum absolute atomic E-state index is 2.58. The van der Waals surface area contributed by atoms with E-state index in [2.05, 4.69) is 31.2 Å². The van der Waals surface area contributed by atoms with E-state index in [1.54, 1.807) is 22.3 Å². The van der Waals surface area contributed by atoms with E-state index in [-0.39, 0.29) is 0 Å². The van der Waals surface area contributed by atoms with E-state index >= 15 is 0 Å². The molecule has 0 nitrogen and oxygen atoms in total. The molecular weight excluding hydrogens is 228 g/mol. The van der Waals surface area contributed by atoms with Crippen molar-refractivity contribution in [3.63, 3.8) is 0 Å². The average Bonchev–Trinajstić information content (AvgIpc) is 3.01. The fourth-order valence-electron chi connectivity index (χ4n) is 4.99. The molecule has 1 fully saturated rings. The van der Waals surface area contributed by atoms with Crippen LogP contribution in [0, 0.1) is 5.92 Å². The molecule has 0 heterocycles. The molecule has 19 heavy (non-hydrogen) atoms. The number of rotatable bonds is 2. The van der Waals surface area contributed by atoms with Crippen molar-refractivity contribution in [3.05, 3.63) is 46.5 Å². The SMILES string of the molecule is CCCc1ccc2c(c1)C1(CCC2)CC2=CCC1C2. The number of allylic oxidation sites excluding steroid dienone is 2.